The summed E-state index contributed by atoms with van der Waals surface area (Å²) in [5.74, 6) is 0.899. The van der Waals surface area contributed by atoms with Gasteiger partial charge in [0.15, 0.2) is 0 Å². The fourth-order valence-electron chi connectivity index (χ4n) is 2.60. The number of hydrogen-bond donors (Lipinski definition) is 2. The number of carbonyl (C=O) groups excluding carboxylic acids is 1. The molecule has 2 heterocycles. The van der Waals surface area contributed by atoms with Crippen LogP contribution in [0.2, 0.25) is 5.02 Å². The molecule has 0 radical (unpaired) electrons. The molecule has 1 unspecified atom stereocenters. The van der Waals surface area contributed by atoms with Crippen molar-refractivity contribution in [2.75, 3.05) is 0 Å². The Labute approximate surface area is 127 Å². The van der Waals surface area contributed by atoms with Crippen LogP contribution in [0.3, 0.4) is 0 Å². The highest BCUT2D eigenvalue weighted by Crippen LogP contribution is 2.27. The predicted molar refractivity (Wildman–Crippen MR) is 79.0 cm³/mol. The van der Waals surface area contributed by atoms with Crippen LogP contribution >= 0.6 is 11.6 Å². The molecule has 2 aromatic rings. The van der Waals surface area contributed by atoms with Crippen molar-refractivity contribution in [3.05, 3.63) is 47.0 Å². The van der Waals surface area contributed by atoms with E-state index in [1.165, 1.54) is 0 Å². The van der Waals surface area contributed by atoms with E-state index in [4.69, 9.17) is 11.6 Å². The van der Waals surface area contributed by atoms with Crippen molar-refractivity contribution >= 4 is 17.5 Å². The maximum atomic E-state index is 12.2. The van der Waals surface area contributed by atoms with E-state index in [2.05, 4.69) is 14.9 Å². The molecule has 1 aliphatic rings. The molecule has 0 saturated heterocycles. The molecule has 1 amide bonds. The third-order valence-electron chi connectivity index (χ3n) is 3.84. The number of fused-ring (bicyclic) bond motifs is 1. The zero-order valence-corrected chi connectivity index (χ0v) is 12.2. The van der Waals surface area contributed by atoms with Crippen molar-refractivity contribution < 1.29 is 9.90 Å². The van der Waals surface area contributed by atoms with Crippen LogP contribution in [0.5, 0.6) is 5.75 Å². The van der Waals surface area contributed by atoms with E-state index in [-0.39, 0.29) is 24.1 Å². The zero-order chi connectivity index (χ0) is 14.8. The van der Waals surface area contributed by atoms with Crippen LogP contribution < -0.4 is 5.32 Å². The lowest BCUT2D eigenvalue weighted by molar-refractivity contribution is -0.125. The lowest BCUT2D eigenvalue weighted by Gasteiger charge is -2.22. The monoisotopic (exact) mass is 305 g/mol. The standard InChI is InChI=1S/C15H16ClN3O2/c16-12-3-1-2-11(14(12)20)9-18-15(21)10-4-6-19-7-5-17-13(19)8-10/h1-3,5,7,10,20H,4,6,8-9H2,(H,18,21). The fourth-order valence-corrected chi connectivity index (χ4v) is 2.80. The highest BCUT2D eigenvalue weighted by molar-refractivity contribution is 6.32. The van der Waals surface area contributed by atoms with Gasteiger partial charge in [-0.05, 0) is 12.5 Å². The first kappa shape index (κ1) is 13.9. The summed E-state index contributed by atoms with van der Waals surface area (Å²) in [5.41, 5.74) is 0.619. The average molecular weight is 306 g/mol. The molecular formula is C15H16ClN3O2. The van der Waals surface area contributed by atoms with Gasteiger partial charge in [0.1, 0.15) is 11.6 Å². The predicted octanol–water partition coefficient (Wildman–Crippen LogP) is 2.12. The summed E-state index contributed by atoms with van der Waals surface area (Å²) in [6.45, 7) is 1.09. The Balaban J connectivity index is 1.61. The second kappa shape index (κ2) is 5.77. The van der Waals surface area contributed by atoms with Crippen molar-refractivity contribution in [2.45, 2.75) is 25.9 Å². The van der Waals surface area contributed by atoms with Gasteiger partial charge in [-0.3, -0.25) is 4.79 Å². The highest BCUT2D eigenvalue weighted by Gasteiger charge is 2.25. The van der Waals surface area contributed by atoms with E-state index in [0.29, 0.717) is 17.0 Å². The Morgan fingerprint density at radius 2 is 2.38 bits per heavy atom. The SMILES string of the molecule is O=C(NCc1cccc(Cl)c1O)C1CCn2ccnc2C1. The molecule has 21 heavy (non-hydrogen) atoms. The van der Waals surface area contributed by atoms with Crippen LogP contribution in [0.4, 0.5) is 0 Å². The zero-order valence-electron chi connectivity index (χ0n) is 11.4. The highest BCUT2D eigenvalue weighted by atomic mass is 35.5. The number of nitrogens with one attached hydrogen (secondary N) is 1. The van der Waals surface area contributed by atoms with Crippen molar-refractivity contribution in [3.8, 4) is 5.75 Å². The van der Waals surface area contributed by atoms with Gasteiger partial charge in [-0.15, -0.1) is 0 Å². The summed E-state index contributed by atoms with van der Waals surface area (Å²) >= 11 is 5.85. The first-order valence-electron chi connectivity index (χ1n) is 6.89. The number of rotatable bonds is 3. The summed E-state index contributed by atoms with van der Waals surface area (Å²) in [7, 11) is 0. The maximum absolute atomic E-state index is 12.2. The third kappa shape index (κ3) is 2.88. The molecule has 3 rings (SSSR count). The number of hydrogen-bond acceptors (Lipinski definition) is 3. The second-order valence-electron chi connectivity index (χ2n) is 5.19. The number of amides is 1. The van der Waals surface area contributed by atoms with E-state index in [1.54, 1.807) is 24.4 Å². The molecule has 1 aromatic carbocycles. The van der Waals surface area contributed by atoms with Crippen LogP contribution in [0.25, 0.3) is 0 Å². The maximum Gasteiger partial charge on any atom is 0.223 e. The first-order chi connectivity index (χ1) is 10.1. The fraction of sp³-hybridized carbons (Fsp3) is 0.333. The van der Waals surface area contributed by atoms with Crippen LogP contribution in [0.15, 0.2) is 30.6 Å². The van der Waals surface area contributed by atoms with E-state index in [1.807, 2.05) is 6.20 Å². The second-order valence-corrected chi connectivity index (χ2v) is 5.60. The number of carbonyl (C=O) groups is 1. The van der Waals surface area contributed by atoms with E-state index >= 15 is 0 Å². The molecule has 5 nitrogen and oxygen atoms in total. The Morgan fingerprint density at radius 1 is 1.52 bits per heavy atom. The quantitative estimate of drug-likeness (QED) is 0.913. The van der Waals surface area contributed by atoms with Gasteiger partial charge in [-0.1, -0.05) is 23.7 Å². The molecule has 0 spiro atoms. The smallest absolute Gasteiger partial charge is 0.223 e. The molecule has 1 aromatic heterocycles. The minimum atomic E-state index is -0.0683. The van der Waals surface area contributed by atoms with Gasteiger partial charge < -0.3 is 15.0 Å². The summed E-state index contributed by atoms with van der Waals surface area (Å²) in [6.07, 6.45) is 5.16. The third-order valence-corrected chi connectivity index (χ3v) is 4.15. The van der Waals surface area contributed by atoms with E-state index in [9.17, 15) is 9.90 Å². The summed E-state index contributed by atoms with van der Waals surface area (Å²) in [4.78, 5) is 16.5. The van der Waals surface area contributed by atoms with Gasteiger partial charge in [-0.25, -0.2) is 4.98 Å². The first-order valence-corrected chi connectivity index (χ1v) is 7.27. The van der Waals surface area contributed by atoms with Gasteiger partial charge in [0.2, 0.25) is 5.91 Å². The Bertz CT molecular complexity index is 669. The number of aromatic nitrogens is 2. The topological polar surface area (TPSA) is 67.2 Å². The van der Waals surface area contributed by atoms with Crippen LogP contribution in [0, 0.1) is 5.92 Å². The van der Waals surface area contributed by atoms with Gasteiger partial charge in [0, 0.05) is 43.4 Å². The summed E-state index contributed by atoms with van der Waals surface area (Å²) in [5, 5.41) is 13.0. The largest absolute Gasteiger partial charge is 0.506 e. The lowest BCUT2D eigenvalue weighted by atomic mass is 9.97. The minimum absolute atomic E-state index is 0.0105. The Hall–Kier alpha value is -2.01. The van der Waals surface area contributed by atoms with Crippen molar-refractivity contribution in [3.63, 3.8) is 0 Å². The summed E-state index contributed by atoms with van der Waals surface area (Å²) in [6, 6.07) is 5.11. The number of para-hydroxylation sites is 1. The van der Waals surface area contributed by atoms with Gasteiger partial charge in [0.05, 0.1) is 5.02 Å². The molecule has 1 atom stereocenters. The molecule has 0 aliphatic carbocycles. The van der Waals surface area contributed by atoms with E-state index < -0.39 is 0 Å². The van der Waals surface area contributed by atoms with Crippen molar-refractivity contribution in [1.29, 1.82) is 0 Å². The molecular weight excluding hydrogens is 290 g/mol. The number of phenols is 1. The molecule has 0 fully saturated rings. The Kier molecular flexibility index (Phi) is 3.84. The Morgan fingerprint density at radius 3 is 3.24 bits per heavy atom. The number of imidazole rings is 1. The molecule has 1 aliphatic heterocycles. The number of aromatic hydroxyl groups is 1. The molecule has 110 valence electrons. The lowest BCUT2D eigenvalue weighted by Crippen LogP contribution is -2.35. The summed E-state index contributed by atoms with van der Waals surface area (Å²) < 4.78 is 2.08. The molecule has 0 saturated carbocycles. The number of halogens is 1. The van der Waals surface area contributed by atoms with E-state index in [0.717, 1.165) is 18.8 Å². The van der Waals surface area contributed by atoms with Crippen LogP contribution in [0.1, 0.15) is 17.8 Å². The van der Waals surface area contributed by atoms with Gasteiger partial charge in [0.25, 0.3) is 0 Å². The molecule has 2 N–H and O–H groups in total. The minimum Gasteiger partial charge on any atom is -0.506 e. The number of benzene rings is 1. The van der Waals surface area contributed by atoms with Gasteiger partial charge >= 0.3 is 0 Å². The molecule has 0 bridgehead atoms. The number of nitrogens with zero attached hydrogens (tertiary/aromatic N) is 2. The number of aryl methyl sites for hydroxylation is 1. The normalized spacial score (nSPS) is 17.3. The van der Waals surface area contributed by atoms with Crippen LogP contribution in [-0.4, -0.2) is 20.6 Å². The average Bonchev–Trinajstić information content (AvgIpc) is 2.96. The number of phenolic OH excluding ortho intramolecular Hbond substituents is 1. The van der Waals surface area contributed by atoms with Crippen molar-refractivity contribution in [2.24, 2.45) is 5.92 Å². The van der Waals surface area contributed by atoms with Crippen LogP contribution in [-0.2, 0) is 24.3 Å². The van der Waals surface area contributed by atoms with Gasteiger partial charge in [-0.2, -0.15) is 0 Å². The van der Waals surface area contributed by atoms with Crippen molar-refractivity contribution in [1.82, 2.24) is 14.9 Å². The molecule has 6 heteroatoms.